The number of hydrogen-bond donors (Lipinski definition) is 1. The molecule has 0 spiro atoms. The summed E-state index contributed by atoms with van der Waals surface area (Å²) >= 11 is 2.88. The van der Waals surface area contributed by atoms with E-state index in [9.17, 15) is 18.0 Å². The van der Waals surface area contributed by atoms with E-state index in [1.54, 1.807) is 35.0 Å². The monoisotopic (exact) mass is 484 g/mol. The number of sulfonamides is 1. The second-order valence-electron chi connectivity index (χ2n) is 7.51. The molecular weight excluding hydrogens is 460 g/mol. The molecule has 0 aromatic carbocycles. The predicted molar refractivity (Wildman–Crippen MR) is 119 cm³/mol. The van der Waals surface area contributed by atoms with Crippen LogP contribution in [-0.2, 0) is 14.8 Å². The van der Waals surface area contributed by atoms with Gasteiger partial charge in [0.2, 0.25) is 15.9 Å². The van der Waals surface area contributed by atoms with Gasteiger partial charge in [0.25, 0.3) is 5.91 Å². The van der Waals surface area contributed by atoms with Crippen LogP contribution in [0, 0.1) is 12.8 Å². The van der Waals surface area contributed by atoms with Gasteiger partial charge in [-0.15, -0.1) is 11.3 Å². The summed E-state index contributed by atoms with van der Waals surface area (Å²) in [4.78, 5) is 27.6. The molecule has 2 saturated heterocycles. The number of thiophene rings is 1. The number of aryl methyl sites for hydroxylation is 1. The van der Waals surface area contributed by atoms with Gasteiger partial charge in [0.05, 0.1) is 0 Å². The lowest BCUT2D eigenvalue weighted by Gasteiger charge is -2.31. The summed E-state index contributed by atoms with van der Waals surface area (Å²) in [5.41, 5.74) is 0. The van der Waals surface area contributed by atoms with Crippen molar-refractivity contribution in [2.24, 2.45) is 5.92 Å². The molecule has 0 saturated carbocycles. The van der Waals surface area contributed by atoms with Gasteiger partial charge < -0.3 is 14.7 Å². The molecule has 2 fully saturated rings. The molecule has 0 unspecified atom stereocenters. The van der Waals surface area contributed by atoms with E-state index in [1.165, 1.54) is 10.4 Å². The van der Waals surface area contributed by atoms with Crippen LogP contribution in [0.2, 0.25) is 0 Å². The maximum atomic E-state index is 13.1. The van der Waals surface area contributed by atoms with Crippen molar-refractivity contribution in [3.05, 3.63) is 28.2 Å². The summed E-state index contributed by atoms with van der Waals surface area (Å²) in [5.74, 6) is 1.84. The molecule has 31 heavy (non-hydrogen) atoms. The molecule has 0 atom stereocenters. The van der Waals surface area contributed by atoms with Crippen LogP contribution in [0.1, 0.15) is 28.3 Å². The van der Waals surface area contributed by atoms with E-state index >= 15 is 0 Å². The fraction of sp³-hybridized carbons (Fsp3) is 0.526. The third-order valence-corrected chi connectivity index (χ3v) is 9.36. The number of carbonyl (C=O) groups is 2. The van der Waals surface area contributed by atoms with Crippen LogP contribution in [0.3, 0.4) is 0 Å². The Morgan fingerprint density at radius 1 is 1.19 bits per heavy atom. The van der Waals surface area contributed by atoms with E-state index in [0.717, 1.165) is 22.8 Å². The van der Waals surface area contributed by atoms with Gasteiger partial charge in [-0.1, -0.05) is 5.16 Å². The number of anilines is 1. The van der Waals surface area contributed by atoms with Gasteiger partial charge in [-0.25, -0.2) is 8.42 Å². The van der Waals surface area contributed by atoms with Crippen molar-refractivity contribution >= 4 is 50.8 Å². The first-order valence-corrected chi connectivity index (χ1v) is 13.5. The zero-order valence-electron chi connectivity index (χ0n) is 17.1. The fourth-order valence-electron chi connectivity index (χ4n) is 3.72. The number of nitrogens with zero attached hydrogens (tertiary/aromatic N) is 3. The van der Waals surface area contributed by atoms with E-state index in [1.807, 2.05) is 0 Å². The highest BCUT2D eigenvalue weighted by molar-refractivity contribution is 7.99. The maximum absolute atomic E-state index is 13.1. The SMILES string of the molecule is Cc1cc(NC(=O)C2CCN(C(=O)c3sccc3S(=O)(=O)N3CCSCC3)CC2)no1. The molecule has 2 aliphatic heterocycles. The van der Waals surface area contributed by atoms with Gasteiger partial charge >= 0.3 is 0 Å². The van der Waals surface area contributed by atoms with Crippen LogP contribution < -0.4 is 5.32 Å². The Kier molecular flexibility index (Phi) is 6.70. The molecule has 0 aliphatic carbocycles. The topological polar surface area (TPSA) is 113 Å². The molecule has 2 aromatic heterocycles. The van der Waals surface area contributed by atoms with Gasteiger partial charge in [0.1, 0.15) is 15.5 Å². The molecule has 4 heterocycles. The van der Waals surface area contributed by atoms with Crippen LogP contribution in [0.4, 0.5) is 5.82 Å². The van der Waals surface area contributed by atoms with Crippen LogP contribution >= 0.6 is 23.1 Å². The number of amides is 2. The first-order chi connectivity index (χ1) is 14.9. The number of nitrogens with one attached hydrogen (secondary N) is 1. The van der Waals surface area contributed by atoms with E-state index in [2.05, 4.69) is 10.5 Å². The summed E-state index contributed by atoms with van der Waals surface area (Å²) < 4.78 is 32.5. The summed E-state index contributed by atoms with van der Waals surface area (Å²) in [6.45, 7) is 3.46. The van der Waals surface area contributed by atoms with Crippen molar-refractivity contribution in [3.8, 4) is 0 Å². The standard InChI is InChI=1S/C19H24N4O5S3/c1-13-12-16(21-28-13)20-18(24)14-2-5-22(6-3-14)19(25)17-15(4-9-30-17)31(26,27)23-7-10-29-11-8-23/h4,9,12,14H,2-3,5-8,10-11H2,1H3,(H,20,21,24). The average molecular weight is 485 g/mol. The minimum atomic E-state index is -3.69. The molecule has 4 rings (SSSR count). The van der Waals surface area contributed by atoms with Crippen LogP contribution in [0.25, 0.3) is 0 Å². The minimum Gasteiger partial charge on any atom is -0.360 e. The van der Waals surface area contributed by atoms with E-state index < -0.39 is 10.0 Å². The Morgan fingerprint density at radius 2 is 1.90 bits per heavy atom. The van der Waals surface area contributed by atoms with Crippen molar-refractivity contribution in [3.63, 3.8) is 0 Å². The zero-order chi connectivity index (χ0) is 22.0. The number of aromatic nitrogens is 1. The lowest BCUT2D eigenvalue weighted by atomic mass is 9.96. The summed E-state index contributed by atoms with van der Waals surface area (Å²) in [5, 5.41) is 8.16. The Hall–Kier alpha value is -1.89. The normalized spacial score (nSPS) is 18.8. The van der Waals surface area contributed by atoms with Crippen molar-refractivity contribution in [1.82, 2.24) is 14.4 Å². The van der Waals surface area contributed by atoms with Crippen LogP contribution in [0.5, 0.6) is 0 Å². The molecule has 2 aromatic rings. The number of likely N-dealkylation sites (tertiary alicyclic amines) is 1. The minimum absolute atomic E-state index is 0.0932. The van der Waals surface area contributed by atoms with Crippen LogP contribution in [0.15, 0.2) is 26.9 Å². The number of piperidine rings is 1. The summed E-state index contributed by atoms with van der Waals surface area (Å²) in [6, 6.07) is 3.17. The van der Waals surface area contributed by atoms with Crippen molar-refractivity contribution in [2.45, 2.75) is 24.7 Å². The van der Waals surface area contributed by atoms with Crippen molar-refractivity contribution < 1.29 is 22.5 Å². The van der Waals surface area contributed by atoms with Crippen molar-refractivity contribution in [2.75, 3.05) is 43.0 Å². The molecule has 0 bridgehead atoms. The average Bonchev–Trinajstić information content (AvgIpc) is 3.43. The highest BCUT2D eigenvalue weighted by Crippen LogP contribution is 2.30. The first kappa shape index (κ1) is 22.3. The van der Waals surface area contributed by atoms with Gasteiger partial charge in [-0.3, -0.25) is 9.59 Å². The van der Waals surface area contributed by atoms with Gasteiger partial charge in [0, 0.05) is 49.7 Å². The fourth-order valence-corrected chi connectivity index (χ4v) is 7.66. The lowest BCUT2D eigenvalue weighted by molar-refractivity contribution is -0.121. The zero-order valence-corrected chi connectivity index (χ0v) is 19.5. The number of carbonyl (C=O) groups excluding carboxylic acids is 2. The van der Waals surface area contributed by atoms with E-state index in [0.29, 0.717) is 50.6 Å². The maximum Gasteiger partial charge on any atom is 0.265 e. The highest BCUT2D eigenvalue weighted by Gasteiger charge is 2.34. The van der Waals surface area contributed by atoms with Gasteiger partial charge in [-0.05, 0) is 31.2 Å². The largest absolute Gasteiger partial charge is 0.360 e. The van der Waals surface area contributed by atoms with Gasteiger partial charge in [-0.2, -0.15) is 16.1 Å². The molecular formula is C19H24N4O5S3. The predicted octanol–water partition coefficient (Wildman–Crippen LogP) is 2.27. The van der Waals surface area contributed by atoms with E-state index in [4.69, 9.17) is 4.52 Å². The van der Waals surface area contributed by atoms with Gasteiger partial charge in [0.15, 0.2) is 5.82 Å². The highest BCUT2D eigenvalue weighted by atomic mass is 32.2. The first-order valence-electron chi connectivity index (χ1n) is 10.0. The Labute approximate surface area is 189 Å². The quantitative estimate of drug-likeness (QED) is 0.693. The Bertz CT molecular complexity index is 1050. The third kappa shape index (κ3) is 4.81. The Balaban J connectivity index is 1.39. The van der Waals surface area contributed by atoms with Crippen molar-refractivity contribution in [1.29, 1.82) is 0 Å². The lowest BCUT2D eigenvalue weighted by Crippen LogP contribution is -2.42. The smallest absolute Gasteiger partial charge is 0.265 e. The number of hydrogen-bond acceptors (Lipinski definition) is 8. The molecule has 168 valence electrons. The molecule has 12 heteroatoms. The second-order valence-corrected chi connectivity index (χ2v) is 11.6. The molecule has 9 nitrogen and oxygen atoms in total. The number of rotatable bonds is 5. The molecule has 0 radical (unpaired) electrons. The van der Waals surface area contributed by atoms with E-state index in [-0.39, 0.29) is 27.5 Å². The molecule has 2 aliphatic rings. The molecule has 1 N–H and O–H groups in total. The summed E-state index contributed by atoms with van der Waals surface area (Å²) in [6.07, 6.45) is 1.01. The van der Waals surface area contributed by atoms with Crippen LogP contribution in [-0.4, -0.2) is 72.3 Å². The Morgan fingerprint density at radius 3 is 2.55 bits per heavy atom. The summed E-state index contributed by atoms with van der Waals surface area (Å²) in [7, 11) is -3.69. The third-order valence-electron chi connectivity index (χ3n) is 5.44. The molecule has 2 amide bonds. The second kappa shape index (κ2) is 9.31. The number of thioether (sulfide) groups is 1.